The van der Waals surface area contributed by atoms with Crippen molar-refractivity contribution in [3.63, 3.8) is 0 Å². The first kappa shape index (κ1) is 17.1. The lowest BCUT2D eigenvalue weighted by molar-refractivity contribution is -0.123. The molecule has 0 radical (unpaired) electrons. The zero-order valence-electron chi connectivity index (χ0n) is 12.7. The van der Waals surface area contributed by atoms with Crippen molar-refractivity contribution in [3.05, 3.63) is 58.5 Å². The lowest BCUT2D eigenvalue weighted by Crippen LogP contribution is -2.43. The molecule has 0 bridgehead atoms. The van der Waals surface area contributed by atoms with Gasteiger partial charge in [-0.15, -0.1) is 0 Å². The number of fused-ring (bicyclic) bond motifs is 1. The fraction of sp³-hybridized carbons (Fsp3) is 0.0625. The van der Waals surface area contributed by atoms with E-state index in [1.54, 1.807) is 36.4 Å². The van der Waals surface area contributed by atoms with Crippen molar-refractivity contribution in [2.75, 3.05) is 6.61 Å². The number of carbonyl (C=O) groups excluding carboxylic acids is 2. The normalized spacial score (nSPS) is 10.5. The highest BCUT2D eigenvalue weighted by atomic mass is 35.5. The van der Waals surface area contributed by atoms with E-state index < -0.39 is 11.8 Å². The number of aromatic nitrogens is 2. The number of benzene rings is 1. The van der Waals surface area contributed by atoms with E-state index in [0.717, 1.165) is 5.39 Å². The Hall–Kier alpha value is -2.77. The number of H-pyrrole nitrogens is 1. The summed E-state index contributed by atoms with van der Waals surface area (Å²) in [7, 11) is 0. The lowest BCUT2D eigenvalue weighted by atomic mass is 10.3. The molecule has 3 rings (SSSR count). The van der Waals surface area contributed by atoms with Crippen molar-refractivity contribution in [2.24, 2.45) is 0 Å². The summed E-state index contributed by atoms with van der Waals surface area (Å²) >= 11 is 11.7. The van der Waals surface area contributed by atoms with Crippen LogP contribution in [0.3, 0.4) is 0 Å². The number of hydrogen-bond acceptors (Lipinski definition) is 4. The molecule has 25 heavy (non-hydrogen) atoms. The van der Waals surface area contributed by atoms with E-state index in [-0.39, 0.29) is 12.3 Å². The van der Waals surface area contributed by atoms with Crippen LogP contribution in [0.2, 0.25) is 10.2 Å². The highest BCUT2D eigenvalue weighted by Gasteiger charge is 2.12. The molecule has 0 saturated carbocycles. The molecule has 128 valence electrons. The van der Waals surface area contributed by atoms with Gasteiger partial charge in [-0.2, -0.15) is 0 Å². The molecule has 3 aromatic rings. The van der Waals surface area contributed by atoms with E-state index in [4.69, 9.17) is 27.9 Å². The zero-order valence-corrected chi connectivity index (χ0v) is 14.2. The fourth-order valence-electron chi connectivity index (χ4n) is 2.06. The first-order valence-corrected chi connectivity index (χ1v) is 7.89. The highest BCUT2D eigenvalue weighted by molar-refractivity contribution is 6.32. The van der Waals surface area contributed by atoms with Gasteiger partial charge in [-0.05, 0) is 24.3 Å². The Morgan fingerprint density at radius 1 is 1.16 bits per heavy atom. The predicted molar refractivity (Wildman–Crippen MR) is 93.7 cm³/mol. The van der Waals surface area contributed by atoms with Gasteiger partial charge in [0.15, 0.2) is 6.61 Å². The summed E-state index contributed by atoms with van der Waals surface area (Å²) in [4.78, 5) is 30.6. The van der Waals surface area contributed by atoms with Crippen LogP contribution in [0.1, 0.15) is 10.5 Å². The lowest BCUT2D eigenvalue weighted by Gasteiger charge is -2.09. The minimum atomic E-state index is -0.533. The summed E-state index contributed by atoms with van der Waals surface area (Å²) in [6.07, 6.45) is 1.52. The minimum Gasteiger partial charge on any atom is -0.482 e. The third kappa shape index (κ3) is 4.20. The van der Waals surface area contributed by atoms with Crippen molar-refractivity contribution in [1.82, 2.24) is 20.8 Å². The van der Waals surface area contributed by atoms with Gasteiger partial charge in [0.25, 0.3) is 11.8 Å². The molecule has 0 fully saturated rings. The largest absolute Gasteiger partial charge is 0.482 e. The van der Waals surface area contributed by atoms with Gasteiger partial charge in [-0.1, -0.05) is 35.3 Å². The number of halogens is 2. The summed E-state index contributed by atoms with van der Waals surface area (Å²) in [6, 6.07) is 9.99. The predicted octanol–water partition coefficient (Wildman–Crippen LogP) is 2.71. The Balaban J connectivity index is 1.54. The standard InChI is InChI=1S/C16H12Cl2N4O3/c17-10-3-1-2-4-13(10)25-8-15(23)21-22-16(24)11-5-9-6-14(18)19-7-12(9)20-11/h1-7,20H,8H2,(H,21,23)(H,22,24). The second-order valence-corrected chi connectivity index (χ2v) is 5.79. The smallest absolute Gasteiger partial charge is 0.286 e. The molecule has 0 aliphatic rings. The molecule has 0 spiro atoms. The monoisotopic (exact) mass is 378 g/mol. The third-order valence-electron chi connectivity index (χ3n) is 3.23. The quantitative estimate of drug-likeness (QED) is 0.480. The summed E-state index contributed by atoms with van der Waals surface area (Å²) in [6.45, 7) is -0.295. The van der Waals surface area contributed by atoms with Crippen LogP contribution in [-0.2, 0) is 4.79 Å². The number of carbonyl (C=O) groups is 2. The van der Waals surface area contributed by atoms with E-state index in [2.05, 4.69) is 20.8 Å². The first-order chi connectivity index (χ1) is 12.0. The number of para-hydroxylation sites is 1. The number of aromatic amines is 1. The molecule has 0 unspecified atom stereocenters. The fourth-order valence-corrected chi connectivity index (χ4v) is 2.42. The van der Waals surface area contributed by atoms with Crippen LogP contribution in [0.25, 0.3) is 10.9 Å². The van der Waals surface area contributed by atoms with Gasteiger partial charge in [0.1, 0.15) is 16.6 Å². The maximum absolute atomic E-state index is 12.1. The Morgan fingerprint density at radius 2 is 1.96 bits per heavy atom. The summed E-state index contributed by atoms with van der Waals surface area (Å²) < 4.78 is 5.27. The topological polar surface area (TPSA) is 96.1 Å². The van der Waals surface area contributed by atoms with Gasteiger partial charge >= 0.3 is 0 Å². The number of amides is 2. The van der Waals surface area contributed by atoms with Crippen LogP contribution in [0.5, 0.6) is 5.75 Å². The number of nitrogens with one attached hydrogen (secondary N) is 3. The van der Waals surface area contributed by atoms with Gasteiger partial charge < -0.3 is 9.72 Å². The number of pyridine rings is 1. The summed E-state index contributed by atoms with van der Waals surface area (Å²) in [5.74, 6) is -0.668. The van der Waals surface area contributed by atoms with Crippen molar-refractivity contribution in [2.45, 2.75) is 0 Å². The van der Waals surface area contributed by atoms with Gasteiger partial charge in [0.05, 0.1) is 16.7 Å². The van der Waals surface area contributed by atoms with Crippen LogP contribution >= 0.6 is 23.2 Å². The molecule has 0 saturated heterocycles. The van der Waals surface area contributed by atoms with Crippen LogP contribution in [0, 0.1) is 0 Å². The number of hydrogen-bond donors (Lipinski definition) is 3. The number of ether oxygens (including phenoxy) is 1. The maximum atomic E-state index is 12.1. The van der Waals surface area contributed by atoms with E-state index in [9.17, 15) is 9.59 Å². The molecule has 0 atom stereocenters. The van der Waals surface area contributed by atoms with E-state index in [0.29, 0.717) is 21.4 Å². The molecule has 3 N–H and O–H groups in total. The van der Waals surface area contributed by atoms with Crippen LogP contribution in [0.4, 0.5) is 0 Å². The van der Waals surface area contributed by atoms with E-state index >= 15 is 0 Å². The Bertz CT molecular complexity index is 942. The SMILES string of the molecule is O=C(COc1ccccc1Cl)NNC(=O)c1cc2cc(Cl)ncc2[nH]1. The Morgan fingerprint density at radius 3 is 2.76 bits per heavy atom. The van der Waals surface area contributed by atoms with Crippen molar-refractivity contribution >= 4 is 45.9 Å². The zero-order chi connectivity index (χ0) is 17.8. The summed E-state index contributed by atoms with van der Waals surface area (Å²) in [5.41, 5.74) is 5.46. The molecule has 7 nitrogen and oxygen atoms in total. The molecular weight excluding hydrogens is 367 g/mol. The van der Waals surface area contributed by atoms with Gasteiger partial charge in [0, 0.05) is 5.39 Å². The number of hydrazine groups is 1. The number of rotatable bonds is 4. The maximum Gasteiger partial charge on any atom is 0.286 e. The average molecular weight is 379 g/mol. The molecule has 0 aliphatic carbocycles. The molecule has 2 amide bonds. The molecule has 0 aliphatic heterocycles. The van der Waals surface area contributed by atoms with Crippen molar-refractivity contribution in [3.8, 4) is 5.75 Å². The van der Waals surface area contributed by atoms with Crippen LogP contribution in [-0.4, -0.2) is 28.4 Å². The highest BCUT2D eigenvalue weighted by Crippen LogP contribution is 2.22. The number of nitrogens with zero attached hydrogens (tertiary/aromatic N) is 1. The molecule has 2 aromatic heterocycles. The Kier molecular flexibility index (Phi) is 5.06. The third-order valence-corrected chi connectivity index (χ3v) is 3.75. The molecule has 2 heterocycles. The van der Waals surface area contributed by atoms with Crippen LogP contribution < -0.4 is 15.6 Å². The minimum absolute atomic E-state index is 0.256. The van der Waals surface area contributed by atoms with Gasteiger partial charge in [0.2, 0.25) is 0 Å². The van der Waals surface area contributed by atoms with Crippen LogP contribution in [0.15, 0.2) is 42.6 Å². The van der Waals surface area contributed by atoms with Crippen molar-refractivity contribution in [1.29, 1.82) is 0 Å². The Labute approximate surface area is 152 Å². The summed E-state index contributed by atoms with van der Waals surface area (Å²) in [5, 5.41) is 1.45. The molecular formula is C16H12Cl2N4O3. The van der Waals surface area contributed by atoms with E-state index in [1.165, 1.54) is 6.20 Å². The van der Waals surface area contributed by atoms with Gasteiger partial charge in [-0.25, -0.2) is 4.98 Å². The second-order valence-electron chi connectivity index (χ2n) is 5.00. The molecule has 9 heteroatoms. The van der Waals surface area contributed by atoms with Gasteiger partial charge in [-0.3, -0.25) is 20.4 Å². The average Bonchev–Trinajstić information content (AvgIpc) is 3.02. The van der Waals surface area contributed by atoms with E-state index in [1.807, 2.05) is 0 Å². The molecule has 1 aromatic carbocycles. The first-order valence-electron chi connectivity index (χ1n) is 7.14. The second kappa shape index (κ2) is 7.42. The van der Waals surface area contributed by atoms with Crippen molar-refractivity contribution < 1.29 is 14.3 Å².